The van der Waals surface area contributed by atoms with Gasteiger partial charge in [-0.3, -0.25) is 0 Å². The summed E-state index contributed by atoms with van der Waals surface area (Å²) in [5, 5.41) is 0. The second-order valence-corrected chi connectivity index (χ2v) is 18.5. The van der Waals surface area contributed by atoms with Gasteiger partial charge in [0.15, 0.2) is 0 Å². The molecule has 63 heavy (non-hydrogen) atoms. The van der Waals surface area contributed by atoms with Crippen molar-refractivity contribution in [2.45, 2.75) is 61.7 Å². The average Bonchev–Trinajstić information content (AvgIpc) is 4.04. The maximum Gasteiger partial charge on any atom is 0.0714 e. The molecule has 3 unspecified atom stereocenters. The first-order valence-corrected chi connectivity index (χ1v) is 23.4. The predicted molar refractivity (Wildman–Crippen MR) is 262 cm³/mol. The molecule has 0 saturated heterocycles. The molecule has 7 aliphatic carbocycles. The Bertz CT molecular complexity index is 2890. The van der Waals surface area contributed by atoms with Crippen molar-refractivity contribution in [1.82, 2.24) is 0 Å². The summed E-state index contributed by atoms with van der Waals surface area (Å²) in [4.78, 5) is 2.61. The summed E-state index contributed by atoms with van der Waals surface area (Å²) in [7, 11) is 0. The van der Waals surface area contributed by atoms with Crippen molar-refractivity contribution < 1.29 is 0 Å². The summed E-state index contributed by atoms with van der Waals surface area (Å²) in [5.74, 6) is 1.16. The van der Waals surface area contributed by atoms with E-state index in [9.17, 15) is 0 Å². The van der Waals surface area contributed by atoms with Crippen molar-refractivity contribution >= 4 is 5.69 Å². The summed E-state index contributed by atoms with van der Waals surface area (Å²) in [6, 6.07) is 48.3. The SMILES string of the molecule is C1=C\C2=C/C=C(C3C=CC(N(C4=CCC5C(=C4)C4(CCCC4)c4ccccc45)c4ccc5c(c4)C(c4ccccc4)(c4ccccc4)c4ccccc4-5)=CC3)\C=C/C=C/CC2C=C1. The highest BCUT2D eigenvalue weighted by Crippen LogP contribution is 2.61. The molecule has 0 aromatic heterocycles. The lowest BCUT2D eigenvalue weighted by molar-refractivity contribution is 0.519. The molecule has 5 aromatic rings. The van der Waals surface area contributed by atoms with Crippen molar-refractivity contribution in [2.24, 2.45) is 11.8 Å². The highest BCUT2D eigenvalue weighted by molar-refractivity contribution is 5.88. The first-order chi connectivity index (χ1) is 31.2. The Morgan fingerprint density at radius 3 is 1.90 bits per heavy atom. The van der Waals surface area contributed by atoms with Crippen molar-refractivity contribution in [2.75, 3.05) is 4.90 Å². The van der Waals surface area contributed by atoms with Crippen LogP contribution in [0.5, 0.6) is 0 Å². The summed E-state index contributed by atoms with van der Waals surface area (Å²) in [5.41, 5.74) is 18.8. The van der Waals surface area contributed by atoms with Crippen molar-refractivity contribution in [1.29, 1.82) is 0 Å². The van der Waals surface area contributed by atoms with Gasteiger partial charge in [-0.15, -0.1) is 0 Å². The average molecular weight is 812 g/mol. The number of benzene rings is 5. The Hall–Kier alpha value is -6.70. The minimum absolute atomic E-state index is 0.142. The van der Waals surface area contributed by atoms with Gasteiger partial charge in [0.05, 0.1) is 5.41 Å². The zero-order chi connectivity index (χ0) is 41.8. The monoisotopic (exact) mass is 811 g/mol. The molecule has 0 aliphatic heterocycles. The van der Waals surface area contributed by atoms with E-state index in [0.717, 1.165) is 19.3 Å². The van der Waals surface area contributed by atoms with Crippen LogP contribution < -0.4 is 4.90 Å². The summed E-state index contributed by atoms with van der Waals surface area (Å²) >= 11 is 0. The van der Waals surface area contributed by atoms with Crippen LogP contribution in [-0.4, -0.2) is 0 Å². The molecule has 12 rings (SSSR count). The lowest BCUT2D eigenvalue weighted by atomic mass is 9.67. The number of rotatable bonds is 6. The molecular formula is C62H53N. The minimum Gasteiger partial charge on any atom is -0.311 e. The van der Waals surface area contributed by atoms with Crippen molar-refractivity contribution in [3.8, 4) is 11.1 Å². The molecule has 0 amide bonds. The second kappa shape index (κ2) is 15.6. The van der Waals surface area contributed by atoms with E-state index >= 15 is 0 Å². The van der Waals surface area contributed by atoms with Crippen LogP contribution in [0.25, 0.3) is 11.1 Å². The van der Waals surface area contributed by atoms with Crippen LogP contribution in [0.15, 0.2) is 247 Å². The molecule has 306 valence electrons. The zero-order valence-electron chi connectivity index (χ0n) is 35.9. The largest absolute Gasteiger partial charge is 0.311 e. The minimum atomic E-state index is -0.469. The molecule has 1 saturated carbocycles. The molecule has 1 fully saturated rings. The quantitative estimate of drug-likeness (QED) is 0.162. The maximum absolute atomic E-state index is 2.64. The number of anilines is 1. The third-order valence-corrected chi connectivity index (χ3v) is 15.4. The standard InChI is InChI=1S/C62H53N/c1-4-18-44-20-10-11-21-45(44)30-31-46(19-5-1)47-32-34-50(35-33-47)63(51-36-38-55-53-26-12-14-28-57(53)61(59(55)42-51)40-16-17-41-61)52-37-39-56-54-27-13-15-29-58(54)62(60(56)43-52,48-22-6-2-7-23-48)49-24-8-3-9-25-49/h1-15,19-32,34-37,39,42-44,47,55H,16-18,33,38,40-41H2/b4-1+,19-5-,45-30+,46-31+. The van der Waals surface area contributed by atoms with Gasteiger partial charge in [0.2, 0.25) is 0 Å². The van der Waals surface area contributed by atoms with Crippen LogP contribution in [0.3, 0.4) is 0 Å². The van der Waals surface area contributed by atoms with Crippen molar-refractivity contribution in [3.63, 3.8) is 0 Å². The third-order valence-electron chi connectivity index (χ3n) is 15.4. The van der Waals surface area contributed by atoms with E-state index in [-0.39, 0.29) is 11.3 Å². The molecule has 5 aromatic carbocycles. The number of allylic oxidation sites excluding steroid dienone is 18. The van der Waals surface area contributed by atoms with Gasteiger partial charge in [-0.2, -0.15) is 0 Å². The Labute approximate surface area is 373 Å². The van der Waals surface area contributed by atoms with Crippen LogP contribution >= 0.6 is 0 Å². The fourth-order valence-electron chi connectivity index (χ4n) is 12.5. The molecular weight excluding hydrogens is 759 g/mol. The molecule has 0 N–H and O–H groups in total. The van der Waals surface area contributed by atoms with Gasteiger partial charge in [0.25, 0.3) is 0 Å². The Balaban J connectivity index is 1.01. The van der Waals surface area contributed by atoms with Crippen LogP contribution in [0.2, 0.25) is 0 Å². The normalized spacial score (nSPS) is 25.7. The molecule has 0 bridgehead atoms. The topological polar surface area (TPSA) is 3.24 Å². The van der Waals surface area contributed by atoms with Crippen LogP contribution in [-0.2, 0) is 10.8 Å². The lowest BCUT2D eigenvalue weighted by Gasteiger charge is -2.37. The number of hydrogen-bond donors (Lipinski definition) is 0. The van der Waals surface area contributed by atoms with E-state index in [1.165, 1.54) is 87.3 Å². The lowest BCUT2D eigenvalue weighted by Crippen LogP contribution is -2.30. The Morgan fingerprint density at radius 1 is 0.508 bits per heavy atom. The smallest absolute Gasteiger partial charge is 0.0714 e. The van der Waals surface area contributed by atoms with Gasteiger partial charge in [-0.05, 0) is 118 Å². The molecule has 1 heteroatoms. The molecule has 1 spiro atoms. The predicted octanol–water partition coefficient (Wildman–Crippen LogP) is 15.3. The van der Waals surface area contributed by atoms with Crippen LogP contribution in [0.4, 0.5) is 5.69 Å². The fraction of sp³-hybridized carbons (Fsp3) is 0.194. The Kier molecular flexibility index (Phi) is 9.40. The van der Waals surface area contributed by atoms with Gasteiger partial charge in [-0.25, -0.2) is 0 Å². The second-order valence-electron chi connectivity index (χ2n) is 18.5. The highest BCUT2D eigenvalue weighted by atomic mass is 15.2. The first-order valence-electron chi connectivity index (χ1n) is 23.4. The molecule has 0 radical (unpaired) electrons. The van der Waals surface area contributed by atoms with Gasteiger partial charge >= 0.3 is 0 Å². The van der Waals surface area contributed by atoms with E-state index in [1.54, 1.807) is 16.7 Å². The molecule has 3 atom stereocenters. The fourth-order valence-corrected chi connectivity index (χ4v) is 12.5. The van der Waals surface area contributed by atoms with Gasteiger partial charge in [0, 0.05) is 40.3 Å². The maximum atomic E-state index is 2.64. The van der Waals surface area contributed by atoms with Gasteiger partial charge in [-0.1, -0.05) is 207 Å². The highest BCUT2D eigenvalue weighted by Gasteiger charge is 2.50. The van der Waals surface area contributed by atoms with Gasteiger partial charge < -0.3 is 4.90 Å². The van der Waals surface area contributed by atoms with Crippen LogP contribution in [0.1, 0.15) is 84.2 Å². The van der Waals surface area contributed by atoms with E-state index in [4.69, 9.17) is 0 Å². The van der Waals surface area contributed by atoms with Gasteiger partial charge in [0.1, 0.15) is 0 Å². The van der Waals surface area contributed by atoms with E-state index < -0.39 is 5.41 Å². The van der Waals surface area contributed by atoms with E-state index in [0.29, 0.717) is 11.8 Å². The number of nitrogens with zero attached hydrogens (tertiary/aromatic N) is 1. The van der Waals surface area contributed by atoms with Crippen molar-refractivity contribution in [3.05, 3.63) is 280 Å². The van der Waals surface area contributed by atoms with E-state index in [1.807, 2.05) is 0 Å². The third kappa shape index (κ3) is 6.11. The summed E-state index contributed by atoms with van der Waals surface area (Å²) in [6.07, 6.45) is 43.4. The van der Waals surface area contributed by atoms with Crippen LogP contribution in [0, 0.1) is 11.8 Å². The summed E-state index contributed by atoms with van der Waals surface area (Å²) in [6.45, 7) is 0. The number of fused-ring (bicyclic) bond motifs is 9. The molecule has 7 aliphatic rings. The first kappa shape index (κ1) is 38.0. The zero-order valence-corrected chi connectivity index (χ0v) is 35.9. The molecule has 1 nitrogen and oxygen atoms in total. The van der Waals surface area contributed by atoms with E-state index in [2.05, 4.69) is 223 Å². The molecule has 0 heterocycles. The Morgan fingerprint density at radius 2 is 1.16 bits per heavy atom. The summed E-state index contributed by atoms with van der Waals surface area (Å²) < 4.78 is 0. The number of hydrogen-bond acceptors (Lipinski definition) is 1.